The molecule has 0 saturated carbocycles. The number of benzene rings is 1. The van der Waals surface area contributed by atoms with Gasteiger partial charge in [-0.25, -0.2) is 4.79 Å². The molecule has 0 aliphatic heterocycles. The number of carbonyl (C=O) groups excluding carboxylic acids is 1. The normalized spacial score (nSPS) is 14.3. The van der Waals surface area contributed by atoms with Crippen molar-refractivity contribution in [1.82, 2.24) is 9.80 Å². The predicted molar refractivity (Wildman–Crippen MR) is 137 cm³/mol. The second kappa shape index (κ2) is 14.8. The zero-order chi connectivity index (χ0) is 24.8. The van der Waals surface area contributed by atoms with Crippen molar-refractivity contribution in [2.75, 3.05) is 39.3 Å². The van der Waals surface area contributed by atoms with Crippen LogP contribution in [0.1, 0.15) is 65.4 Å². The number of allylic oxidation sites excluding steroid dienone is 3. The number of ether oxygens (including phenoxy) is 2. The summed E-state index contributed by atoms with van der Waals surface area (Å²) in [6.45, 7) is 12.4. The van der Waals surface area contributed by atoms with Gasteiger partial charge >= 0.3 is 6.09 Å². The highest BCUT2D eigenvalue weighted by Gasteiger charge is 2.22. The first-order valence-electron chi connectivity index (χ1n) is 12.7. The Morgan fingerprint density at radius 3 is 2.47 bits per heavy atom. The molecule has 0 spiro atoms. The maximum Gasteiger partial charge on any atom is 0.410 e. The summed E-state index contributed by atoms with van der Waals surface area (Å²) in [7, 11) is 0. The fraction of sp³-hybridized carbons (Fsp3) is 0.607. The summed E-state index contributed by atoms with van der Waals surface area (Å²) in [5, 5.41) is 9.19. The molecule has 1 aromatic rings. The highest BCUT2D eigenvalue weighted by atomic mass is 16.6. The number of hydrogen-bond acceptors (Lipinski definition) is 5. The zero-order valence-corrected chi connectivity index (χ0v) is 21.6. The Bertz CT molecular complexity index is 783. The summed E-state index contributed by atoms with van der Waals surface area (Å²) >= 11 is 0. The average molecular weight is 473 g/mol. The number of likely N-dealkylation sites (N-methyl/N-ethyl adjacent to an activating group) is 1. The lowest BCUT2D eigenvalue weighted by atomic mass is 10.1. The van der Waals surface area contributed by atoms with Crippen LogP contribution in [0.15, 0.2) is 53.8 Å². The second-order valence-corrected chi connectivity index (χ2v) is 9.82. The van der Waals surface area contributed by atoms with Crippen LogP contribution in [0.25, 0.3) is 0 Å². The number of rotatable bonds is 13. The molecule has 0 unspecified atom stereocenters. The third-order valence-corrected chi connectivity index (χ3v) is 5.70. The van der Waals surface area contributed by atoms with Crippen LogP contribution in [0.4, 0.5) is 4.79 Å². The SMILES string of the molecule is CCN(CCCN(CCCO)C(=O)OC(C)(C)C)CC1=CCCC(OCc2ccccc2)=CC1. The van der Waals surface area contributed by atoms with Gasteiger partial charge in [-0.1, -0.05) is 48.9 Å². The van der Waals surface area contributed by atoms with Crippen molar-refractivity contribution in [3.05, 3.63) is 59.4 Å². The third-order valence-electron chi connectivity index (χ3n) is 5.70. The molecule has 1 amide bonds. The van der Waals surface area contributed by atoms with Crippen LogP contribution in [0.5, 0.6) is 0 Å². The fourth-order valence-electron chi connectivity index (χ4n) is 3.86. The minimum Gasteiger partial charge on any atom is -0.494 e. The molecular formula is C28H44N2O4. The van der Waals surface area contributed by atoms with Crippen molar-refractivity contribution in [3.8, 4) is 0 Å². The van der Waals surface area contributed by atoms with Crippen LogP contribution in [0.2, 0.25) is 0 Å². The molecule has 190 valence electrons. The van der Waals surface area contributed by atoms with Gasteiger partial charge < -0.3 is 19.5 Å². The summed E-state index contributed by atoms with van der Waals surface area (Å²) < 4.78 is 11.6. The van der Waals surface area contributed by atoms with Gasteiger partial charge in [0, 0.05) is 39.2 Å². The molecule has 0 aromatic heterocycles. The number of aliphatic hydroxyl groups is 1. The van der Waals surface area contributed by atoms with Crippen LogP contribution in [-0.4, -0.2) is 65.9 Å². The van der Waals surface area contributed by atoms with E-state index in [4.69, 9.17) is 9.47 Å². The van der Waals surface area contributed by atoms with Crippen LogP contribution in [-0.2, 0) is 16.1 Å². The van der Waals surface area contributed by atoms with E-state index in [1.807, 2.05) is 39.0 Å². The van der Waals surface area contributed by atoms with Crippen molar-refractivity contribution in [1.29, 1.82) is 0 Å². The molecular weight excluding hydrogens is 428 g/mol. The van der Waals surface area contributed by atoms with Gasteiger partial charge in [-0.15, -0.1) is 0 Å². The number of nitrogens with zero attached hydrogens (tertiary/aromatic N) is 2. The number of amides is 1. The zero-order valence-electron chi connectivity index (χ0n) is 21.6. The van der Waals surface area contributed by atoms with Gasteiger partial charge in [-0.3, -0.25) is 4.90 Å². The summed E-state index contributed by atoms with van der Waals surface area (Å²) in [4.78, 5) is 16.7. The lowest BCUT2D eigenvalue weighted by Gasteiger charge is -2.28. The van der Waals surface area contributed by atoms with E-state index in [0.29, 0.717) is 26.1 Å². The van der Waals surface area contributed by atoms with E-state index in [-0.39, 0.29) is 12.7 Å². The average Bonchev–Trinajstić information content (AvgIpc) is 3.03. The van der Waals surface area contributed by atoms with Crippen LogP contribution in [0, 0.1) is 0 Å². The molecule has 1 N–H and O–H groups in total. The summed E-state index contributed by atoms with van der Waals surface area (Å²) in [5.41, 5.74) is 2.09. The molecule has 0 radical (unpaired) electrons. The summed E-state index contributed by atoms with van der Waals surface area (Å²) in [6.07, 6.45) is 8.57. The fourth-order valence-corrected chi connectivity index (χ4v) is 3.86. The van der Waals surface area contributed by atoms with Crippen molar-refractivity contribution in [2.24, 2.45) is 0 Å². The molecule has 0 heterocycles. The minimum absolute atomic E-state index is 0.0686. The Balaban J connectivity index is 1.80. The topological polar surface area (TPSA) is 62.2 Å². The second-order valence-electron chi connectivity index (χ2n) is 9.82. The third kappa shape index (κ3) is 11.2. The molecule has 0 atom stereocenters. The lowest BCUT2D eigenvalue weighted by Crippen LogP contribution is -2.39. The molecule has 6 heteroatoms. The first-order valence-corrected chi connectivity index (χ1v) is 12.7. The van der Waals surface area contributed by atoms with Gasteiger partial charge in [-0.05, 0) is 64.6 Å². The van der Waals surface area contributed by atoms with Crippen molar-refractivity contribution in [2.45, 2.75) is 72.0 Å². The van der Waals surface area contributed by atoms with Gasteiger partial charge in [0.1, 0.15) is 12.2 Å². The van der Waals surface area contributed by atoms with Gasteiger partial charge in [-0.2, -0.15) is 0 Å². The Morgan fingerprint density at radius 2 is 1.79 bits per heavy atom. The molecule has 0 saturated heterocycles. The summed E-state index contributed by atoms with van der Waals surface area (Å²) in [5.74, 6) is 1.08. The van der Waals surface area contributed by atoms with Crippen molar-refractivity contribution in [3.63, 3.8) is 0 Å². The van der Waals surface area contributed by atoms with Crippen molar-refractivity contribution >= 4 is 6.09 Å². The Kier molecular flexibility index (Phi) is 12.2. The maximum absolute atomic E-state index is 12.5. The number of carbonyl (C=O) groups is 1. The first kappa shape index (κ1) is 27.9. The number of aliphatic hydroxyl groups excluding tert-OH is 1. The molecule has 2 rings (SSSR count). The predicted octanol–water partition coefficient (Wildman–Crippen LogP) is 5.53. The smallest absolute Gasteiger partial charge is 0.410 e. The highest BCUT2D eigenvalue weighted by Crippen LogP contribution is 2.20. The van der Waals surface area contributed by atoms with E-state index in [2.05, 4.69) is 36.1 Å². The highest BCUT2D eigenvalue weighted by molar-refractivity contribution is 5.68. The molecule has 0 bridgehead atoms. The standard InChI is InChI=1S/C28H44N2O4/c1-5-29(18-10-19-30(20-11-21-31)27(32)34-28(2,3)4)22-24-14-9-15-26(17-16-24)33-23-25-12-7-6-8-13-25/h6-8,12-14,17,31H,5,9-11,15-16,18-23H2,1-4H3. The molecule has 6 nitrogen and oxygen atoms in total. The van der Waals surface area contributed by atoms with Gasteiger partial charge in [0.2, 0.25) is 0 Å². The quantitative estimate of drug-likeness (QED) is 0.383. The van der Waals surface area contributed by atoms with E-state index in [0.717, 1.165) is 51.1 Å². The van der Waals surface area contributed by atoms with Crippen LogP contribution >= 0.6 is 0 Å². The molecule has 34 heavy (non-hydrogen) atoms. The van der Waals surface area contributed by atoms with Gasteiger partial charge in [0.15, 0.2) is 0 Å². The maximum atomic E-state index is 12.5. The van der Waals surface area contributed by atoms with Crippen LogP contribution in [0.3, 0.4) is 0 Å². The van der Waals surface area contributed by atoms with E-state index < -0.39 is 5.60 Å². The Morgan fingerprint density at radius 1 is 1.06 bits per heavy atom. The minimum atomic E-state index is -0.521. The largest absolute Gasteiger partial charge is 0.494 e. The van der Waals surface area contributed by atoms with Gasteiger partial charge in [0.25, 0.3) is 0 Å². The van der Waals surface area contributed by atoms with Gasteiger partial charge in [0.05, 0.1) is 5.76 Å². The summed E-state index contributed by atoms with van der Waals surface area (Å²) in [6, 6.07) is 10.3. The Hall–Kier alpha value is -2.31. The molecule has 0 fully saturated rings. The molecule has 1 aromatic carbocycles. The molecule has 1 aliphatic rings. The first-order chi connectivity index (χ1) is 16.3. The lowest BCUT2D eigenvalue weighted by molar-refractivity contribution is 0.0234. The van der Waals surface area contributed by atoms with E-state index in [9.17, 15) is 9.90 Å². The van der Waals surface area contributed by atoms with E-state index >= 15 is 0 Å². The van der Waals surface area contributed by atoms with Crippen molar-refractivity contribution < 1.29 is 19.4 Å². The monoisotopic (exact) mass is 472 g/mol. The van der Waals surface area contributed by atoms with E-state index in [1.165, 1.54) is 11.1 Å². The molecule has 1 aliphatic carbocycles. The number of hydrogen-bond donors (Lipinski definition) is 1. The Labute approximate surface area is 206 Å². The van der Waals surface area contributed by atoms with Crippen LogP contribution < -0.4 is 0 Å². The van der Waals surface area contributed by atoms with E-state index in [1.54, 1.807) is 4.90 Å².